The van der Waals surface area contributed by atoms with E-state index in [2.05, 4.69) is 4.72 Å². The first-order valence-electron chi connectivity index (χ1n) is 6.84. The van der Waals surface area contributed by atoms with Crippen molar-refractivity contribution in [3.05, 3.63) is 64.9 Å². The zero-order valence-electron chi connectivity index (χ0n) is 12.7. The Morgan fingerprint density at radius 1 is 1.17 bits per heavy atom. The standard InChI is InChI=1S/C16H17ClFNO3S/c1-16(22-2,14-5-3-4-6-15(14)18)11-19-23(20,21)13-9-7-12(17)8-10-13/h3-10,19H,11H2,1-2H3. The molecule has 2 rings (SSSR count). The zero-order chi connectivity index (χ0) is 17.1. The summed E-state index contributed by atoms with van der Waals surface area (Å²) in [4.78, 5) is 0.0777. The fourth-order valence-corrected chi connectivity index (χ4v) is 3.35. The van der Waals surface area contributed by atoms with Crippen LogP contribution in [0.1, 0.15) is 12.5 Å². The molecule has 0 amide bonds. The molecule has 23 heavy (non-hydrogen) atoms. The second kappa shape index (κ2) is 6.97. The molecule has 0 aromatic heterocycles. The summed E-state index contributed by atoms with van der Waals surface area (Å²) >= 11 is 5.75. The molecule has 1 atom stereocenters. The summed E-state index contributed by atoms with van der Waals surface area (Å²) in [5.74, 6) is -0.456. The molecule has 0 bridgehead atoms. The molecule has 4 nitrogen and oxygen atoms in total. The van der Waals surface area contributed by atoms with Crippen LogP contribution in [-0.4, -0.2) is 22.1 Å². The van der Waals surface area contributed by atoms with Crippen LogP contribution in [0.2, 0.25) is 5.02 Å². The van der Waals surface area contributed by atoms with Crippen LogP contribution in [0.4, 0.5) is 4.39 Å². The normalized spacial score (nSPS) is 14.4. The van der Waals surface area contributed by atoms with Crippen molar-refractivity contribution in [1.82, 2.24) is 4.72 Å². The minimum absolute atomic E-state index is 0.0777. The van der Waals surface area contributed by atoms with E-state index < -0.39 is 21.4 Å². The average Bonchev–Trinajstić information content (AvgIpc) is 2.53. The van der Waals surface area contributed by atoms with E-state index in [9.17, 15) is 12.8 Å². The quantitative estimate of drug-likeness (QED) is 0.862. The van der Waals surface area contributed by atoms with Crippen molar-refractivity contribution in [3.8, 4) is 0 Å². The number of sulfonamides is 1. The highest BCUT2D eigenvalue weighted by Crippen LogP contribution is 2.27. The first-order valence-corrected chi connectivity index (χ1v) is 8.70. The molecule has 0 saturated heterocycles. The summed E-state index contributed by atoms with van der Waals surface area (Å²) in [5.41, 5.74) is -0.855. The van der Waals surface area contributed by atoms with E-state index in [1.54, 1.807) is 25.1 Å². The first-order chi connectivity index (χ1) is 10.8. The number of ether oxygens (including phenoxy) is 1. The lowest BCUT2D eigenvalue weighted by atomic mass is 9.95. The highest BCUT2D eigenvalue weighted by molar-refractivity contribution is 7.89. The summed E-state index contributed by atoms with van der Waals surface area (Å²) in [5, 5.41) is 0.442. The number of nitrogens with one attached hydrogen (secondary N) is 1. The van der Waals surface area contributed by atoms with Gasteiger partial charge in [0.2, 0.25) is 10.0 Å². The smallest absolute Gasteiger partial charge is 0.240 e. The molecule has 2 aromatic rings. The molecule has 0 fully saturated rings. The molecule has 0 spiro atoms. The monoisotopic (exact) mass is 357 g/mol. The molecular weight excluding hydrogens is 341 g/mol. The number of benzene rings is 2. The van der Waals surface area contributed by atoms with Crippen LogP contribution in [0.3, 0.4) is 0 Å². The van der Waals surface area contributed by atoms with Crippen molar-refractivity contribution in [2.45, 2.75) is 17.4 Å². The maximum Gasteiger partial charge on any atom is 0.240 e. The molecular formula is C16H17ClFNO3S. The fourth-order valence-electron chi connectivity index (χ4n) is 2.10. The lowest BCUT2D eigenvalue weighted by Crippen LogP contribution is -2.40. The number of rotatable bonds is 6. The van der Waals surface area contributed by atoms with E-state index >= 15 is 0 Å². The van der Waals surface area contributed by atoms with E-state index in [4.69, 9.17) is 16.3 Å². The van der Waals surface area contributed by atoms with Crippen molar-refractivity contribution < 1.29 is 17.5 Å². The molecule has 0 aliphatic heterocycles. The van der Waals surface area contributed by atoms with Crippen molar-refractivity contribution in [2.24, 2.45) is 0 Å². The summed E-state index contributed by atoms with van der Waals surface area (Å²) in [6, 6.07) is 11.9. The molecule has 1 unspecified atom stereocenters. The first kappa shape index (κ1) is 17.9. The highest BCUT2D eigenvalue weighted by atomic mass is 35.5. The van der Waals surface area contributed by atoms with Crippen molar-refractivity contribution in [3.63, 3.8) is 0 Å². The number of halogens is 2. The maximum absolute atomic E-state index is 14.0. The Balaban J connectivity index is 2.23. The molecule has 0 aliphatic rings. The molecule has 1 N–H and O–H groups in total. The van der Waals surface area contributed by atoms with Crippen LogP contribution < -0.4 is 4.72 Å². The van der Waals surface area contributed by atoms with Gasteiger partial charge in [-0.3, -0.25) is 0 Å². The van der Waals surface area contributed by atoms with Crippen LogP contribution in [0, 0.1) is 5.82 Å². The topological polar surface area (TPSA) is 55.4 Å². The Morgan fingerprint density at radius 2 is 1.78 bits per heavy atom. The van der Waals surface area contributed by atoms with Gasteiger partial charge < -0.3 is 4.74 Å². The molecule has 124 valence electrons. The van der Waals surface area contributed by atoms with Gasteiger partial charge in [0.1, 0.15) is 11.4 Å². The fraction of sp³-hybridized carbons (Fsp3) is 0.250. The van der Waals surface area contributed by atoms with E-state index in [0.717, 1.165) is 0 Å². The van der Waals surface area contributed by atoms with Crippen LogP contribution in [0.15, 0.2) is 53.4 Å². The maximum atomic E-state index is 14.0. The summed E-state index contributed by atoms with van der Waals surface area (Å²) in [7, 11) is -2.35. The van der Waals surface area contributed by atoms with Crippen LogP contribution >= 0.6 is 11.6 Å². The summed E-state index contributed by atoms with van der Waals surface area (Å²) in [6.07, 6.45) is 0. The van der Waals surface area contributed by atoms with Gasteiger partial charge in [-0.1, -0.05) is 29.8 Å². The van der Waals surface area contributed by atoms with E-state index in [-0.39, 0.29) is 17.0 Å². The summed E-state index contributed by atoms with van der Waals surface area (Å²) < 4.78 is 46.4. The number of methoxy groups -OCH3 is 1. The van der Waals surface area contributed by atoms with Gasteiger partial charge in [-0.05, 0) is 37.3 Å². The van der Waals surface area contributed by atoms with Crippen LogP contribution in [0.5, 0.6) is 0 Å². The van der Waals surface area contributed by atoms with Crippen LogP contribution in [0.25, 0.3) is 0 Å². The Hall–Kier alpha value is -1.47. The van der Waals surface area contributed by atoms with E-state index in [1.807, 2.05) is 0 Å². The molecule has 2 aromatic carbocycles. The van der Waals surface area contributed by atoms with Gasteiger partial charge in [-0.15, -0.1) is 0 Å². The predicted molar refractivity (Wildman–Crippen MR) is 87.4 cm³/mol. The van der Waals surface area contributed by atoms with Gasteiger partial charge in [0.05, 0.1) is 4.90 Å². The third kappa shape index (κ3) is 4.09. The van der Waals surface area contributed by atoms with E-state index in [0.29, 0.717) is 5.02 Å². The lowest BCUT2D eigenvalue weighted by Gasteiger charge is -2.29. The second-order valence-corrected chi connectivity index (χ2v) is 7.40. The van der Waals surface area contributed by atoms with Crippen LogP contribution in [-0.2, 0) is 20.4 Å². The molecule has 7 heteroatoms. The minimum atomic E-state index is -3.75. The van der Waals surface area contributed by atoms with Crippen molar-refractivity contribution in [1.29, 1.82) is 0 Å². The van der Waals surface area contributed by atoms with Gasteiger partial charge in [-0.2, -0.15) is 0 Å². The third-order valence-electron chi connectivity index (χ3n) is 3.62. The SMILES string of the molecule is COC(C)(CNS(=O)(=O)c1ccc(Cl)cc1)c1ccccc1F. The molecule has 0 aliphatic carbocycles. The Kier molecular flexibility index (Phi) is 5.41. The Morgan fingerprint density at radius 3 is 2.35 bits per heavy atom. The highest BCUT2D eigenvalue weighted by Gasteiger charge is 2.31. The Labute approximate surface area is 140 Å². The van der Waals surface area contributed by atoms with Crippen molar-refractivity contribution in [2.75, 3.05) is 13.7 Å². The minimum Gasteiger partial charge on any atom is -0.372 e. The Bertz CT molecular complexity index is 780. The lowest BCUT2D eigenvalue weighted by molar-refractivity contribution is 0.00410. The van der Waals surface area contributed by atoms with Gasteiger partial charge in [0.25, 0.3) is 0 Å². The van der Waals surface area contributed by atoms with Gasteiger partial charge in [-0.25, -0.2) is 17.5 Å². The van der Waals surface area contributed by atoms with Crippen molar-refractivity contribution >= 4 is 21.6 Å². The summed E-state index contributed by atoms with van der Waals surface area (Å²) in [6.45, 7) is 1.51. The van der Waals surface area contributed by atoms with E-state index in [1.165, 1.54) is 37.4 Å². The molecule has 0 saturated carbocycles. The molecule has 0 radical (unpaired) electrons. The number of hydrogen-bond acceptors (Lipinski definition) is 3. The predicted octanol–water partition coefficient (Wildman–Crippen LogP) is 3.32. The number of hydrogen-bond donors (Lipinski definition) is 1. The third-order valence-corrected chi connectivity index (χ3v) is 5.29. The van der Waals surface area contributed by atoms with Gasteiger partial charge in [0, 0.05) is 24.2 Å². The zero-order valence-corrected chi connectivity index (χ0v) is 14.3. The molecule has 0 heterocycles. The van der Waals surface area contributed by atoms with Gasteiger partial charge >= 0.3 is 0 Å². The average molecular weight is 358 g/mol. The van der Waals surface area contributed by atoms with Gasteiger partial charge in [0.15, 0.2) is 0 Å². The second-order valence-electron chi connectivity index (χ2n) is 5.19. The largest absolute Gasteiger partial charge is 0.372 e.